The Hall–Kier alpha value is -0.890. The van der Waals surface area contributed by atoms with Gasteiger partial charge in [-0.2, -0.15) is 0 Å². The molecule has 1 aliphatic heterocycles. The molecule has 1 heterocycles. The molecule has 0 amide bonds. The largest absolute Gasteiger partial charge is 0.249 e. The van der Waals surface area contributed by atoms with Gasteiger partial charge in [0.2, 0.25) is 0 Å². The molecule has 2 heteroatoms. The van der Waals surface area contributed by atoms with E-state index in [-0.39, 0.29) is 0 Å². The first-order valence-corrected chi connectivity index (χ1v) is 4.43. The average Bonchev–Trinajstić information content (AvgIpc) is 2.28. The zero-order valence-corrected chi connectivity index (χ0v) is 7.12. The van der Waals surface area contributed by atoms with Crippen molar-refractivity contribution in [3.05, 3.63) is 47.3 Å². The molecule has 0 fully saturated rings. The van der Waals surface area contributed by atoms with Gasteiger partial charge in [-0.3, -0.25) is 0 Å². The molecule has 1 unspecified atom stereocenters. The minimum atomic E-state index is -1.04. The SMILES string of the molecule is C=CC1=C(C=C)S(=O)C(=C)C1. The van der Waals surface area contributed by atoms with Crippen molar-refractivity contribution in [1.82, 2.24) is 0 Å². The van der Waals surface area contributed by atoms with Gasteiger partial charge >= 0.3 is 0 Å². The number of hydrogen-bond acceptors (Lipinski definition) is 1. The zero-order valence-electron chi connectivity index (χ0n) is 6.30. The monoisotopic (exact) mass is 166 g/mol. The third kappa shape index (κ3) is 1.26. The highest BCUT2D eigenvalue weighted by Gasteiger charge is 2.20. The minimum absolute atomic E-state index is 0.678. The molecule has 0 bridgehead atoms. The van der Waals surface area contributed by atoms with Crippen LogP contribution in [-0.4, -0.2) is 4.21 Å². The topological polar surface area (TPSA) is 17.1 Å². The average molecular weight is 166 g/mol. The summed E-state index contributed by atoms with van der Waals surface area (Å²) in [5.41, 5.74) is 0.989. The highest BCUT2D eigenvalue weighted by molar-refractivity contribution is 7.93. The Morgan fingerprint density at radius 1 is 1.36 bits per heavy atom. The molecular weight excluding hydrogens is 156 g/mol. The second-order valence-electron chi connectivity index (χ2n) is 2.28. The van der Waals surface area contributed by atoms with Crippen LogP contribution in [0.2, 0.25) is 0 Å². The Kier molecular flexibility index (Phi) is 2.25. The molecule has 1 aliphatic rings. The van der Waals surface area contributed by atoms with E-state index in [1.165, 1.54) is 0 Å². The summed E-state index contributed by atoms with van der Waals surface area (Å²) in [6, 6.07) is 0. The lowest BCUT2D eigenvalue weighted by Crippen LogP contribution is -1.85. The predicted octanol–water partition coefficient (Wildman–Crippen LogP) is 2.28. The lowest BCUT2D eigenvalue weighted by molar-refractivity contribution is 0.691. The van der Waals surface area contributed by atoms with Crippen LogP contribution < -0.4 is 0 Å². The molecule has 0 aliphatic carbocycles. The Morgan fingerprint density at radius 3 is 2.36 bits per heavy atom. The van der Waals surface area contributed by atoms with Crippen molar-refractivity contribution in [3.8, 4) is 0 Å². The predicted molar refractivity (Wildman–Crippen MR) is 49.3 cm³/mol. The smallest absolute Gasteiger partial charge is 0.0808 e. The van der Waals surface area contributed by atoms with Crippen LogP contribution in [0.25, 0.3) is 0 Å². The molecule has 0 N–H and O–H groups in total. The Labute approximate surface area is 69.3 Å². The lowest BCUT2D eigenvalue weighted by atomic mass is 10.2. The molecule has 0 aromatic rings. The summed E-state index contributed by atoms with van der Waals surface area (Å²) in [7, 11) is -1.04. The summed E-state index contributed by atoms with van der Waals surface area (Å²) in [5, 5.41) is 0. The van der Waals surface area contributed by atoms with Crippen molar-refractivity contribution in [2.75, 3.05) is 0 Å². The molecule has 0 saturated heterocycles. The summed E-state index contributed by atoms with van der Waals surface area (Å²) in [6.07, 6.45) is 4.01. The van der Waals surface area contributed by atoms with Crippen LogP contribution in [0.15, 0.2) is 47.3 Å². The molecule has 0 aromatic heterocycles. The fourth-order valence-electron chi connectivity index (χ4n) is 1.02. The zero-order chi connectivity index (χ0) is 8.43. The number of rotatable bonds is 2. The second-order valence-corrected chi connectivity index (χ2v) is 3.84. The summed E-state index contributed by atoms with van der Waals surface area (Å²) in [5.74, 6) is 0. The van der Waals surface area contributed by atoms with Gasteiger partial charge in [-0.25, -0.2) is 4.21 Å². The van der Waals surface area contributed by atoms with E-state index in [9.17, 15) is 4.21 Å². The standard InChI is InChI=1S/C9H10OS/c1-4-8-6-7(3)11(10)9(8)5-2/h4-5H,1-3,6H2. The number of hydrogen-bond donors (Lipinski definition) is 0. The summed E-state index contributed by atoms with van der Waals surface area (Å²) in [4.78, 5) is 1.51. The highest BCUT2D eigenvalue weighted by Crippen LogP contribution is 2.31. The van der Waals surface area contributed by atoms with E-state index in [0.717, 1.165) is 15.4 Å². The van der Waals surface area contributed by atoms with Gasteiger partial charge in [0.15, 0.2) is 0 Å². The number of allylic oxidation sites excluding steroid dienone is 4. The van der Waals surface area contributed by atoms with E-state index in [1.807, 2.05) is 0 Å². The van der Waals surface area contributed by atoms with Crippen molar-refractivity contribution in [2.45, 2.75) is 6.42 Å². The van der Waals surface area contributed by atoms with Gasteiger partial charge in [0.25, 0.3) is 0 Å². The maximum Gasteiger partial charge on any atom is 0.0808 e. The van der Waals surface area contributed by atoms with Gasteiger partial charge in [0, 0.05) is 16.2 Å². The summed E-state index contributed by atoms with van der Waals surface area (Å²) >= 11 is 0. The molecule has 11 heavy (non-hydrogen) atoms. The molecule has 0 saturated carbocycles. The van der Waals surface area contributed by atoms with Crippen molar-refractivity contribution < 1.29 is 4.21 Å². The van der Waals surface area contributed by atoms with Gasteiger partial charge in [-0.1, -0.05) is 31.9 Å². The van der Waals surface area contributed by atoms with Gasteiger partial charge < -0.3 is 0 Å². The van der Waals surface area contributed by atoms with E-state index in [0.29, 0.717) is 6.42 Å². The molecule has 0 spiro atoms. The normalized spacial score (nSPS) is 24.0. The van der Waals surface area contributed by atoms with Crippen LogP contribution in [0, 0.1) is 0 Å². The van der Waals surface area contributed by atoms with Crippen LogP contribution >= 0.6 is 0 Å². The van der Waals surface area contributed by atoms with E-state index >= 15 is 0 Å². The van der Waals surface area contributed by atoms with E-state index < -0.39 is 10.8 Å². The fourth-order valence-corrected chi connectivity index (χ4v) is 2.16. The van der Waals surface area contributed by atoms with Crippen LogP contribution in [0.1, 0.15) is 6.42 Å². The Morgan fingerprint density at radius 2 is 2.00 bits per heavy atom. The molecule has 1 rings (SSSR count). The molecule has 1 nitrogen and oxygen atoms in total. The van der Waals surface area contributed by atoms with Gasteiger partial charge in [0.05, 0.1) is 10.8 Å². The quantitative estimate of drug-likeness (QED) is 0.615. The first-order valence-electron chi connectivity index (χ1n) is 3.28. The van der Waals surface area contributed by atoms with E-state index in [2.05, 4.69) is 19.7 Å². The third-order valence-corrected chi connectivity index (χ3v) is 3.09. The summed E-state index contributed by atoms with van der Waals surface area (Å²) < 4.78 is 11.3. The molecule has 1 atom stereocenters. The summed E-state index contributed by atoms with van der Waals surface area (Å²) in [6.45, 7) is 10.9. The van der Waals surface area contributed by atoms with E-state index in [4.69, 9.17) is 0 Å². The van der Waals surface area contributed by atoms with E-state index in [1.54, 1.807) is 12.2 Å². The highest BCUT2D eigenvalue weighted by atomic mass is 32.2. The molecule has 0 aromatic carbocycles. The first kappa shape index (κ1) is 8.21. The fraction of sp³-hybridized carbons (Fsp3) is 0.111. The lowest BCUT2D eigenvalue weighted by Gasteiger charge is -1.91. The second kappa shape index (κ2) is 3.01. The van der Waals surface area contributed by atoms with Crippen LogP contribution in [0.3, 0.4) is 0 Å². The van der Waals surface area contributed by atoms with Crippen LogP contribution in [-0.2, 0) is 10.8 Å². The van der Waals surface area contributed by atoms with Gasteiger partial charge in [-0.05, 0) is 5.57 Å². The first-order chi connectivity index (χ1) is 5.20. The van der Waals surface area contributed by atoms with Crippen molar-refractivity contribution in [2.24, 2.45) is 0 Å². The van der Waals surface area contributed by atoms with Gasteiger partial charge in [0.1, 0.15) is 0 Å². The van der Waals surface area contributed by atoms with Crippen molar-refractivity contribution >= 4 is 10.8 Å². The Bertz CT molecular complexity index is 284. The molecule has 58 valence electrons. The van der Waals surface area contributed by atoms with Crippen LogP contribution in [0.4, 0.5) is 0 Å². The van der Waals surface area contributed by atoms with Crippen molar-refractivity contribution in [3.63, 3.8) is 0 Å². The maximum absolute atomic E-state index is 11.3. The van der Waals surface area contributed by atoms with Gasteiger partial charge in [-0.15, -0.1) is 0 Å². The molecule has 0 radical (unpaired) electrons. The van der Waals surface area contributed by atoms with Crippen LogP contribution in [0.5, 0.6) is 0 Å². The van der Waals surface area contributed by atoms with Crippen molar-refractivity contribution in [1.29, 1.82) is 0 Å². The molecular formula is C9H10OS. The third-order valence-electron chi connectivity index (χ3n) is 1.60. The minimum Gasteiger partial charge on any atom is -0.249 e. The maximum atomic E-state index is 11.3. The Balaban J connectivity index is 3.14.